The van der Waals surface area contributed by atoms with Crippen LogP contribution in [0.4, 0.5) is 5.69 Å². The molecule has 3 heteroatoms. The average Bonchev–Trinajstić information content (AvgIpc) is 2.45. The average molecular weight is 314 g/mol. The molecule has 0 aliphatic carbocycles. The first-order valence-corrected chi connectivity index (χ1v) is 6.54. The van der Waals surface area contributed by atoms with Crippen molar-refractivity contribution >= 4 is 27.8 Å². The highest BCUT2D eigenvalue weighted by Crippen LogP contribution is 2.25. The maximum atomic E-state index is 5.38. The van der Waals surface area contributed by atoms with Gasteiger partial charge in [-0.1, -0.05) is 24.1 Å². The molecule has 0 aliphatic rings. The zero-order chi connectivity index (χ0) is 13.5. The molecule has 0 aromatic heterocycles. The number of hydrogen-bond acceptors (Lipinski definition) is 2. The minimum absolute atomic E-state index is 0.260. The van der Waals surface area contributed by atoms with Gasteiger partial charge in [0.15, 0.2) is 0 Å². The van der Waals surface area contributed by atoms with E-state index in [9.17, 15) is 0 Å². The molecular weight excluding hydrogens is 302 g/mol. The first-order valence-electron chi connectivity index (χ1n) is 5.74. The van der Waals surface area contributed by atoms with Crippen LogP contribution in [0.5, 0.6) is 5.75 Å². The van der Waals surface area contributed by atoms with Gasteiger partial charge in [-0.3, -0.25) is 4.99 Å². The number of rotatable bonds is 4. The predicted octanol–water partition coefficient (Wildman–Crippen LogP) is 4.21. The highest BCUT2D eigenvalue weighted by Gasteiger charge is 2.00. The summed E-state index contributed by atoms with van der Waals surface area (Å²) in [5, 5.41) is 0. The first kappa shape index (κ1) is 13.4. The standard InChI is InChI=1S/C16H12BrNO/c1-2-10-19-16-9-8-13(11-15(16)17)12-18-14-6-4-3-5-7-14/h1,3-9,11-12H,10H2. The fraction of sp³-hybridized carbons (Fsp3) is 0.0625. The Balaban J connectivity index is 2.12. The molecule has 0 unspecified atom stereocenters. The molecule has 0 aliphatic heterocycles. The summed E-state index contributed by atoms with van der Waals surface area (Å²) in [5.74, 6) is 3.17. The number of para-hydroxylation sites is 1. The van der Waals surface area contributed by atoms with E-state index in [1.807, 2.05) is 54.7 Å². The molecule has 2 aromatic carbocycles. The van der Waals surface area contributed by atoms with Gasteiger partial charge in [0.05, 0.1) is 10.2 Å². The van der Waals surface area contributed by atoms with Crippen molar-refractivity contribution in [3.8, 4) is 18.1 Å². The third-order valence-corrected chi connectivity index (χ3v) is 3.01. The molecule has 0 atom stereocenters. The highest BCUT2D eigenvalue weighted by molar-refractivity contribution is 9.10. The summed E-state index contributed by atoms with van der Waals surface area (Å²) in [5.41, 5.74) is 1.91. The number of nitrogens with zero attached hydrogens (tertiary/aromatic N) is 1. The zero-order valence-corrected chi connectivity index (χ0v) is 11.8. The van der Waals surface area contributed by atoms with Crippen LogP contribution in [0.2, 0.25) is 0 Å². The van der Waals surface area contributed by atoms with Crippen molar-refractivity contribution in [1.82, 2.24) is 0 Å². The summed E-state index contributed by atoms with van der Waals surface area (Å²) in [4.78, 5) is 4.39. The van der Waals surface area contributed by atoms with Crippen molar-refractivity contribution in [3.63, 3.8) is 0 Å². The van der Waals surface area contributed by atoms with Crippen LogP contribution in [-0.4, -0.2) is 12.8 Å². The van der Waals surface area contributed by atoms with Gasteiger partial charge in [-0.25, -0.2) is 0 Å². The van der Waals surface area contributed by atoms with Gasteiger partial charge in [-0.15, -0.1) is 6.42 Å². The maximum Gasteiger partial charge on any atom is 0.148 e. The molecule has 0 N–H and O–H groups in total. The number of benzene rings is 2. The lowest BCUT2D eigenvalue weighted by Crippen LogP contribution is -1.94. The van der Waals surface area contributed by atoms with Gasteiger partial charge in [0.1, 0.15) is 12.4 Å². The lowest BCUT2D eigenvalue weighted by molar-refractivity contribution is 0.368. The Labute approximate surface area is 121 Å². The van der Waals surface area contributed by atoms with Gasteiger partial charge < -0.3 is 4.74 Å². The molecular formula is C16H12BrNO. The molecule has 94 valence electrons. The molecule has 0 radical (unpaired) electrons. The van der Waals surface area contributed by atoms with Crippen LogP contribution >= 0.6 is 15.9 Å². The Hall–Kier alpha value is -2.05. The summed E-state index contributed by atoms with van der Waals surface area (Å²) < 4.78 is 6.24. The van der Waals surface area contributed by atoms with Gasteiger partial charge in [-0.2, -0.15) is 0 Å². The predicted molar refractivity (Wildman–Crippen MR) is 82.2 cm³/mol. The summed E-state index contributed by atoms with van der Waals surface area (Å²) in [6, 6.07) is 15.5. The van der Waals surface area contributed by atoms with E-state index in [-0.39, 0.29) is 6.61 Å². The monoisotopic (exact) mass is 313 g/mol. The Bertz CT molecular complexity index is 614. The molecule has 0 fully saturated rings. The minimum atomic E-state index is 0.260. The maximum absolute atomic E-state index is 5.38. The largest absolute Gasteiger partial charge is 0.480 e. The number of ether oxygens (including phenoxy) is 1. The van der Waals surface area contributed by atoms with Crippen LogP contribution in [0, 0.1) is 12.3 Å². The van der Waals surface area contributed by atoms with Crippen molar-refractivity contribution in [2.45, 2.75) is 0 Å². The van der Waals surface area contributed by atoms with Crippen molar-refractivity contribution in [1.29, 1.82) is 0 Å². The minimum Gasteiger partial charge on any atom is -0.480 e. The molecule has 0 amide bonds. The summed E-state index contributed by atoms with van der Waals surface area (Å²) in [6.45, 7) is 0.260. The van der Waals surface area contributed by atoms with Crippen molar-refractivity contribution in [3.05, 3.63) is 58.6 Å². The summed E-state index contributed by atoms with van der Waals surface area (Å²) in [6.07, 6.45) is 6.97. The fourth-order valence-electron chi connectivity index (χ4n) is 1.50. The van der Waals surface area contributed by atoms with E-state index in [1.54, 1.807) is 0 Å². The molecule has 0 saturated carbocycles. The normalized spacial score (nSPS) is 10.3. The summed E-state index contributed by atoms with van der Waals surface area (Å²) in [7, 11) is 0. The third-order valence-electron chi connectivity index (χ3n) is 2.39. The Kier molecular flexibility index (Phi) is 4.77. The van der Waals surface area contributed by atoms with E-state index in [4.69, 9.17) is 11.2 Å². The van der Waals surface area contributed by atoms with E-state index >= 15 is 0 Å². The van der Waals surface area contributed by atoms with Gasteiger partial charge >= 0.3 is 0 Å². The smallest absolute Gasteiger partial charge is 0.148 e. The Morgan fingerprint density at radius 1 is 1.21 bits per heavy atom. The lowest BCUT2D eigenvalue weighted by Gasteiger charge is -2.05. The Morgan fingerprint density at radius 3 is 2.68 bits per heavy atom. The van der Waals surface area contributed by atoms with Gasteiger partial charge in [-0.05, 0) is 51.8 Å². The molecule has 0 spiro atoms. The molecule has 19 heavy (non-hydrogen) atoms. The fourth-order valence-corrected chi connectivity index (χ4v) is 2.01. The van der Waals surface area contributed by atoms with Crippen LogP contribution in [0.3, 0.4) is 0 Å². The van der Waals surface area contributed by atoms with Gasteiger partial charge in [0.2, 0.25) is 0 Å². The third kappa shape index (κ3) is 3.97. The number of aliphatic imine (C=N–C) groups is 1. The van der Waals surface area contributed by atoms with Crippen molar-refractivity contribution < 1.29 is 4.74 Å². The number of hydrogen-bond donors (Lipinski definition) is 0. The van der Waals surface area contributed by atoms with Crippen LogP contribution in [0.1, 0.15) is 5.56 Å². The second-order valence-electron chi connectivity index (χ2n) is 3.78. The quantitative estimate of drug-likeness (QED) is 0.612. The molecule has 2 rings (SSSR count). The van der Waals surface area contributed by atoms with Gasteiger partial charge in [0, 0.05) is 6.21 Å². The van der Waals surface area contributed by atoms with Crippen LogP contribution in [0.15, 0.2) is 58.0 Å². The van der Waals surface area contributed by atoms with E-state index in [2.05, 4.69) is 26.8 Å². The van der Waals surface area contributed by atoms with Crippen molar-refractivity contribution in [2.75, 3.05) is 6.61 Å². The van der Waals surface area contributed by atoms with Crippen LogP contribution < -0.4 is 4.74 Å². The van der Waals surface area contributed by atoms with Crippen molar-refractivity contribution in [2.24, 2.45) is 4.99 Å². The van der Waals surface area contributed by atoms with E-state index in [0.29, 0.717) is 0 Å². The number of terminal acetylenes is 1. The lowest BCUT2D eigenvalue weighted by atomic mass is 10.2. The molecule has 0 bridgehead atoms. The zero-order valence-electron chi connectivity index (χ0n) is 10.2. The molecule has 0 saturated heterocycles. The summed E-state index contributed by atoms with van der Waals surface area (Å²) >= 11 is 3.45. The second kappa shape index (κ2) is 6.77. The Morgan fingerprint density at radius 2 is 2.00 bits per heavy atom. The molecule has 0 heterocycles. The van der Waals surface area contributed by atoms with Crippen LogP contribution in [0.25, 0.3) is 0 Å². The van der Waals surface area contributed by atoms with Gasteiger partial charge in [0.25, 0.3) is 0 Å². The van der Waals surface area contributed by atoms with E-state index in [1.165, 1.54) is 0 Å². The molecule has 2 aromatic rings. The first-order chi connectivity index (χ1) is 9.29. The van der Waals surface area contributed by atoms with Crippen LogP contribution in [-0.2, 0) is 0 Å². The van der Waals surface area contributed by atoms with E-state index < -0.39 is 0 Å². The topological polar surface area (TPSA) is 21.6 Å². The SMILES string of the molecule is C#CCOc1ccc(C=Nc2ccccc2)cc1Br. The highest BCUT2D eigenvalue weighted by atomic mass is 79.9. The number of halogens is 1. The van der Waals surface area contributed by atoms with E-state index in [0.717, 1.165) is 21.5 Å². The molecule has 2 nitrogen and oxygen atoms in total. The second-order valence-corrected chi connectivity index (χ2v) is 4.63.